The normalized spacial score (nSPS) is 14.6. The smallest absolute Gasteiger partial charge is 0.303 e. The molecule has 0 bridgehead atoms. The molecule has 114 valence electrons. The van der Waals surface area contributed by atoms with Gasteiger partial charge in [-0.3, -0.25) is 4.79 Å². The van der Waals surface area contributed by atoms with Crippen LogP contribution in [0.25, 0.3) is 0 Å². The molecule has 0 N–H and O–H groups in total. The van der Waals surface area contributed by atoms with Crippen LogP contribution in [-0.2, 0) is 9.68 Å². The number of carbonyl (C=O) groups is 1. The van der Waals surface area contributed by atoms with Crippen molar-refractivity contribution in [2.24, 2.45) is 22.7 Å². The maximum Gasteiger partial charge on any atom is 0.303 e. The summed E-state index contributed by atoms with van der Waals surface area (Å²) in [6.07, 6.45) is 3.92. The monoisotopic (exact) mass is 271 g/mol. The fraction of sp³-hybridized carbons (Fsp3) is 0.938. The zero-order chi connectivity index (χ0) is 15.3. The summed E-state index contributed by atoms with van der Waals surface area (Å²) in [5, 5.41) is 10.5. The van der Waals surface area contributed by atoms with Gasteiger partial charge in [-0.05, 0) is 29.6 Å². The molecule has 0 aromatic heterocycles. The molecule has 0 saturated carbocycles. The van der Waals surface area contributed by atoms with E-state index in [4.69, 9.17) is 0 Å². The zero-order valence-corrected chi connectivity index (χ0v) is 13.7. The Kier molecular flexibility index (Phi) is 7.06. The van der Waals surface area contributed by atoms with Crippen molar-refractivity contribution in [2.45, 2.75) is 74.1 Å². The predicted octanol–water partition coefficient (Wildman–Crippen LogP) is 3.71. The molecule has 0 radical (unpaired) electrons. The van der Waals surface area contributed by atoms with Gasteiger partial charge in [0.1, 0.15) is 0 Å². The Bertz CT molecular complexity index is 274. The Morgan fingerprint density at radius 2 is 1.63 bits per heavy atom. The van der Waals surface area contributed by atoms with E-state index >= 15 is 0 Å². The first kappa shape index (κ1) is 18.4. The molecule has 3 nitrogen and oxygen atoms in total. The molecule has 19 heavy (non-hydrogen) atoms. The van der Waals surface area contributed by atoms with Crippen LogP contribution >= 0.6 is 0 Å². The molecule has 1 unspecified atom stereocenters. The van der Waals surface area contributed by atoms with Crippen molar-refractivity contribution in [3.8, 4) is 0 Å². The molecule has 1 atom stereocenters. The van der Waals surface area contributed by atoms with Crippen molar-refractivity contribution >= 4 is 5.97 Å². The molecule has 0 aliphatic heterocycles. The van der Waals surface area contributed by atoms with Crippen molar-refractivity contribution in [1.82, 2.24) is 0 Å². The van der Waals surface area contributed by atoms with Crippen LogP contribution in [-0.4, -0.2) is 5.97 Å². The predicted molar refractivity (Wildman–Crippen MR) is 76.1 cm³/mol. The first-order valence-corrected chi connectivity index (χ1v) is 7.36. The van der Waals surface area contributed by atoms with Crippen molar-refractivity contribution in [2.75, 3.05) is 0 Å². The fourth-order valence-electron chi connectivity index (χ4n) is 2.26. The average molecular weight is 271 g/mol. The maximum atomic E-state index is 11.7. The molecule has 0 aliphatic rings. The summed E-state index contributed by atoms with van der Waals surface area (Å²) in [6.45, 7) is 14.9. The number of unbranched alkanes of at least 4 members (excludes halogenated alkanes) is 1. The Morgan fingerprint density at radius 3 is 2.00 bits per heavy atom. The number of hydrogen-bond donors (Lipinski definition) is 0. The highest BCUT2D eigenvalue weighted by Crippen LogP contribution is 2.39. The third kappa shape index (κ3) is 6.42. The molecule has 0 fully saturated rings. The van der Waals surface area contributed by atoms with E-state index in [1.165, 1.54) is 0 Å². The molecular weight excluding hydrogens is 240 g/mol. The van der Waals surface area contributed by atoms with Crippen LogP contribution in [0.5, 0.6) is 0 Å². The van der Waals surface area contributed by atoms with Gasteiger partial charge in [-0.15, -0.1) is 0 Å². The largest absolute Gasteiger partial charge is 0.662 e. The van der Waals surface area contributed by atoms with Gasteiger partial charge in [-0.25, -0.2) is 0 Å². The molecule has 0 aromatic rings. The van der Waals surface area contributed by atoms with Gasteiger partial charge < -0.3 is 10.1 Å². The SMILES string of the molecule is CC(C)C(C)(C)C(CCCCC(C)(C)C)C(=O)O[O-]. The van der Waals surface area contributed by atoms with Crippen LogP contribution in [0, 0.1) is 22.7 Å². The van der Waals surface area contributed by atoms with Crippen molar-refractivity contribution in [3.05, 3.63) is 0 Å². The van der Waals surface area contributed by atoms with Gasteiger partial charge in [0, 0.05) is 0 Å². The van der Waals surface area contributed by atoms with Crippen molar-refractivity contribution in [1.29, 1.82) is 0 Å². The van der Waals surface area contributed by atoms with Gasteiger partial charge >= 0.3 is 5.97 Å². The molecular formula is C16H31O3-. The van der Waals surface area contributed by atoms with Gasteiger partial charge in [0.05, 0.1) is 5.92 Å². The van der Waals surface area contributed by atoms with Gasteiger partial charge in [0.25, 0.3) is 0 Å². The highest BCUT2D eigenvalue weighted by atomic mass is 17.1. The minimum absolute atomic E-state index is 0.205. The van der Waals surface area contributed by atoms with E-state index in [0.717, 1.165) is 25.7 Å². The summed E-state index contributed by atoms with van der Waals surface area (Å²) in [4.78, 5) is 15.5. The van der Waals surface area contributed by atoms with Crippen molar-refractivity contribution in [3.63, 3.8) is 0 Å². The first-order chi connectivity index (χ1) is 8.52. The standard InChI is InChI=1S/C16H32O3/c1-12(2)16(6,7)13(14(17)19-18)10-8-9-11-15(3,4)5/h12-13,18H,8-11H2,1-7H3/p-1. The summed E-state index contributed by atoms with van der Waals surface area (Å²) in [5.41, 5.74) is 0.116. The van der Waals surface area contributed by atoms with Crippen LogP contribution in [0.15, 0.2) is 0 Å². The highest BCUT2D eigenvalue weighted by molar-refractivity contribution is 5.72. The Balaban J connectivity index is 4.51. The van der Waals surface area contributed by atoms with Gasteiger partial charge in [-0.1, -0.05) is 61.3 Å². The van der Waals surface area contributed by atoms with E-state index in [0.29, 0.717) is 11.3 Å². The minimum atomic E-state index is -0.602. The molecule has 0 spiro atoms. The minimum Gasteiger partial charge on any atom is -0.662 e. The molecule has 0 amide bonds. The second-order valence-corrected chi connectivity index (χ2v) is 7.74. The van der Waals surface area contributed by atoms with E-state index in [9.17, 15) is 10.1 Å². The average Bonchev–Trinajstić information content (AvgIpc) is 2.26. The summed E-state index contributed by atoms with van der Waals surface area (Å²) in [6, 6.07) is 0. The zero-order valence-electron chi connectivity index (χ0n) is 13.7. The van der Waals surface area contributed by atoms with E-state index < -0.39 is 5.97 Å². The lowest BCUT2D eigenvalue weighted by Crippen LogP contribution is -2.38. The second-order valence-electron chi connectivity index (χ2n) is 7.74. The molecule has 0 aromatic carbocycles. The van der Waals surface area contributed by atoms with E-state index in [-0.39, 0.29) is 11.3 Å². The molecule has 3 heteroatoms. The van der Waals surface area contributed by atoms with Crippen LogP contribution in [0.3, 0.4) is 0 Å². The number of rotatable bonds is 7. The summed E-state index contributed by atoms with van der Waals surface area (Å²) >= 11 is 0. The lowest BCUT2D eigenvalue weighted by atomic mass is 9.69. The number of hydrogen-bond acceptors (Lipinski definition) is 3. The Hall–Kier alpha value is -0.570. The maximum absolute atomic E-state index is 11.7. The van der Waals surface area contributed by atoms with Crippen LogP contribution < -0.4 is 5.26 Å². The lowest BCUT2D eigenvalue weighted by Gasteiger charge is -2.37. The van der Waals surface area contributed by atoms with Crippen LogP contribution in [0.1, 0.15) is 74.1 Å². The second kappa shape index (κ2) is 7.28. The van der Waals surface area contributed by atoms with Crippen LogP contribution in [0.4, 0.5) is 0 Å². The van der Waals surface area contributed by atoms with E-state index in [2.05, 4.69) is 39.5 Å². The summed E-state index contributed by atoms with van der Waals surface area (Å²) in [7, 11) is 0. The summed E-state index contributed by atoms with van der Waals surface area (Å²) in [5.74, 6) is -0.571. The third-order valence-electron chi connectivity index (χ3n) is 4.42. The fourth-order valence-corrected chi connectivity index (χ4v) is 2.26. The topological polar surface area (TPSA) is 49.4 Å². The quantitative estimate of drug-likeness (QED) is 0.403. The van der Waals surface area contributed by atoms with Gasteiger partial charge in [0.15, 0.2) is 0 Å². The van der Waals surface area contributed by atoms with Crippen LogP contribution in [0.2, 0.25) is 0 Å². The van der Waals surface area contributed by atoms with Crippen molar-refractivity contribution < 1.29 is 14.9 Å². The molecule has 0 aliphatic carbocycles. The first-order valence-electron chi connectivity index (χ1n) is 7.36. The third-order valence-corrected chi connectivity index (χ3v) is 4.42. The highest BCUT2D eigenvalue weighted by Gasteiger charge is 2.37. The van der Waals surface area contributed by atoms with E-state index in [1.54, 1.807) is 0 Å². The van der Waals surface area contributed by atoms with E-state index in [1.807, 2.05) is 13.8 Å². The number of carbonyl (C=O) groups excluding carboxylic acids is 1. The Labute approximate surface area is 118 Å². The molecule has 0 rings (SSSR count). The Morgan fingerprint density at radius 1 is 1.11 bits per heavy atom. The molecule has 0 saturated heterocycles. The summed E-state index contributed by atoms with van der Waals surface area (Å²) < 4.78 is 0. The lowest BCUT2D eigenvalue weighted by molar-refractivity contribution is -0.658. The molecule has 0 heterocycles. The van der Waals surface area contributed by atoms with Gasteiger partial charge in [0.2, 0.25) is 0 Å². The van der Waals surface area contributed by atoms with Gasteiger partial charge in [-0.2, -0.15) is 0 Å².